The largest absolute Gasteiger partial charge is 0.497 e. The number of aliphatic hydroxyl groups is 1. The molecule has 34 heavy (non-hydrogen) atoms. The highest BCUT2D eigenvalue weighted by Crippen LogP contribution is 2.71. The van der Waals surface area contributed by atoms with Crippen LogP contribution in [0.4, 0.5) is 5.69 Å². The number of nitrogens with one attached hydrogen (secondary N) is 1. The summed E-state index contributed by atoms with van der Waals surface area (Å²) in [6.45, 7) is 7.59. The Kier molecular flexibility index (Phi) is 6.63. The van der Waals surface area contributed by atoms with Gasteiger partial charge in [-0.05, 0) is 56.9 Å². The molecule has 2 amide bonds. The molecular weight excluding hydrogens is 456 g/mol. The highest BCUT2D eigenvalue weighted by molar-refractivity contribution is 8.02. The number of fused-ring (bicyclic) bond motifs is 1. The highest BCUT2D eigenvalue weighted by Gasteiger charge is 2.78. The molecular formula is C25H34N2O6S. The molecule has 3 aliphatic heterocycles. The van der Waals surface area contributed by atoms with Crippen molar-refractivity contribution < 1.29 is 29.0 Å². The number of esters is 1. The number of hydrogen-bond acceptors (Lipinski definition) is 7. The number of rotatable bonds is 8. The molecule has 0 radical (unpaired) electrons. The van der Waals surface area contributed by atoms with Crippen molar-refractivity contribution >= 4 is 35.2 Å². The minimum Gasteiger partial charge on any atom is -0.497 e. The van der Waals surface area contributed by atoms with Gasteiger partial charge in [0.1, 0.15) is 11.8 Å². The molecule has 3 fully saturated rings. The van der Waals surface area contributed by atoms with E-state index in [0.717, 1.165) is 6.42 Å². The number of anilines is 1. The van der Waals surface area contributed by atoms with Gasteiger partial charge in [-0.1, -0.05) is 13.8 Å². The summed E-state index contributed by atoms with van der Waals surface area (Å²) in [6.07, 6.45) is 1.37. The number of thioether (sulfide) groups is 1. The molecule has 2 unspecified atom stereocenters. The van der Waals surface area contributed by atoms with Crippen LogP contribution in [-0.4, -0.2) is 69.7 Å². The minimum atomic E-state index is -0.807. The van der Waals surface area contributed by atoms with E-state index in [2.05, 4.69) is 5.32 Å². The molecule has 3 saturated heterocycles. The van der Waals surface area contributed by atoms with Crippen molar-refractivity contribution in [2.45, 2.75) is 62.1 Å². The monoisotopic (exact) mass is 490 g/mol. The lowest BCUT2D eigenvalue weighted by atomic mass is 9.66. The van der Waals surface area contributed by atoms with Crippen LogP contribution in [0.3, 0.4) is 0 Å². The highest BCUT2D eigenvalue weighted by atomic mass is 32.2. The smallest absolute Gasteiger partial charge is 0.311 e. The van der Waals surface area contributed by atoms with Gasteiger partial charge in [0.05, 0.1) is 42.9 Å². The average molecular weight is 491 g/mol. The molecule has 9 heteroatoms. The van der Waals surface area contributed by atoms with Gasteiger partial charge in [0.15, 0.2) is 0 Å². The Labute approximate surface area is 204 Å². The second kappa shape index (κ2) is 9.07. The van der Waals surface area contributed by atoms with Crippen LogP contribution in [0.1, 0.15) is 40.5 Å². The number of amides is 2. The summed E-state index contributed by atoms with van der Waals surface area (Å²) < 4.78 is 9.38. The standard InChI is InChI=1S/C25H34N2O6S/c1-6-33-23(31)19-18-22(30)27(17(13-28)14(2)3)20(25(18)12-11-24(19,4)34-25)21(29)26-15-7-9-16(32-5)10-8-15/h7-10,14,17-20,28H,6,11-13H2,1-5H3,(H,26,29)/t17-,18-,19+,20?,24-,25?/m0/s1. The van der Waals surface area contributed by atoms with Gasteiger partial charge in [0, 0.05) is 10.4 Å². The van der Waals surface area contributed by atoms with Gasteiger partial charge in [0.25, 0.3) is 0 Å². The van der Waals surface area contributed by atoms with E-state index in [1.807, 2.05) is 20.8 Å². The van der Waals surface area contributed by atoms with Gasteiger partial charge < -0.3 is 24.8 Å². The number of methoxy groups -OCH3 is 1. The summed E-state index contributed by atoms with van der Waals surface area (Å²) in [5.74, 6) is -1.60. The average Bonchev–Trinajstić information content (AvgIpc) is 3.36. The summed E-state index contributed by atoms with van der Waals surface area (Å²) in [5.41, 5.74) is 0.592. The van der Waals surface area contributed by atoms with Crippen molar-refractivity contribution in [3.05, 3.63) is 24.3 Å². The van der Waals surface area contributed by atoms with Crippen LogP contribution < -0.4 is 10.1 Å². The van der Waals surface area contributed by atoms with Crippen molar-refractivity contribution in [2.24, 2.45) is 17.8 Å². The first-order valence-electron chi connectivity index (χ1n) is 11.9. The molecule has 186 valence electrons. The third-order valence-electron chi connectivity index (χ3n) is 7.67. The summed E-state index contributed by atoms with van der Waals surface area (Å²) in [5, 5.41) is 13.2. The Morgan fingerprint density at radius 3 is 2.50 bits per heavy atom. The van der Waals surface area contributed by atoms with Crippen LogP contribution in [0, 0.1) is 17.8 Å². The molecule has 3 aliphatic rings. The van der Waals surface area contributed by atoms with E-state index in [1.54, 1.807) is 55.0 Å². The van der Waals surface area contributed by atoms with Crippen LogP contribution in [0.5, 0.6) is 5.75 Å². The number of likely N-dealkylation sites (tertiary alicyclic amines) is 1. The zero-order valence-electron chi connectivity index (χ0n) is 20.4. The molecule has 3 heterocycles. The lowest BCUT2D eigenvalue weighted by Crippen LogP contribution is -2.56. The normalized spacial score (nSPS) is 32.6. The Hall–Kier alpha value is -2.26. The van der Waals surface area contributed by atoms with E-state index in [4.69, 9.17) is 9.47 Å². The van der Waals surface area contributed by atoms with Crippen LogP contribution in [0.2, 0.25) is 0 Å². The lowest BCUT2D eigenvalue weighted by molar-refractivity contribution is -0.155. The second-order valence-electron chi connectivity index (χ2n) is 9.94. The van der Waals surface area contributed by atoms with Gasteiger partial charge >= 0.3 is 5.97 Å². The number of nitrogens with zero attached hydrogens (tertiary/aromatic N) is 1. The fraction of sp³-hybridized carbons (Fsp3) is 0.640. The van der Waals surface area contributed by atoms with E-state index in [0.29, 0.717) is 17.9 Å². The third kappa shape index (κ3) is 3.68. The van der Waals surface area contributed by atoms with E-state index in [1.165, 1.54) is 0 Å². The summed E-state index contributed by atoms with van der Waals surface area (Å²) in [6, 6.07) is 5.67. The van der Waals surface area contributed by atoms with Crippen molar-refractivity contribution in [1.29, 1.82) is 0 Å². The first kappa shape index (κ1) is 24.9. The molecule has 0 aliphatic carbocycles. The Bertz CT molecular complexity index is 969. The minimum absolute atomic E-state index is 0.0701. The zero-order valence-corrected chi connectivity index (χ0v) is 21.2. The SMILES string of the molecule is CCOC(=O)[C@H]1[C@H]2C(=O)N([C@@H](CO)C(C)C)C(C(=O)Nc3ccc(OC)cc3)C23CC[C@]1(C)S3. The number of carbonyl (C=O) groups excluding carboxylic acids is 3. The van der Waals surface area contributed by atoms with Gasteiger partial charge in [-0.15, -0.1) is 11.8 Å². The Morgan fingerprint density at radius 1 is 1.26 bits per heavy atom. The lowest BCUT2D eigenvalue weighted by Gasteiger charge is -2.38. The molecule has 2 N–H and O–H groups in total. The number of benzene rings is 1. The van der Waals surface area contributed by atoms with E-state index < -0.39 is 33.4 Å². The molecule has 1 aromatic carbocycles. The van der Waals surface area contributed by atoms with Gasteiger partial charge in [-0.25, -0.2) is 0 Å². The number of ether oxygens (including phenoxy) is 2. The molecule has 0 aromatic heterocycles. The van der Waals surface area contributed by atoms with Crippen LogP contribution in [0.15, 0.2) is 24.3 Å². The predicted octanol–water partition coefficient (Wildman–Crippen LogP) is 2.70. The van der Waals surface area contributed by atoms with Crippen molar-refractivity contribution in [3.8, 4) is 5.75 Å². The summed E-state index contributed by atoms with van der Waals surface area (Å²) >= 11 is 1.59. The van der Waals surface area contributed by atoms with E-state index in [9.17, 15) is 19.5 Å². The van der Waals surface area contributed by atoms with Crippen LogP contribution in [0.25, 0.3) is 0 Å². The fourth-order valence-electron chi connectivity index (χ4n) is 6.12. The first-order chi connectivity index (χ1) is 16.1. The maximum Gasteiger partial charge on any atom is 0.311 e. The predicted molar refractivity (Wildman–Crippen MR) is 130 cm³/mol. The number of aliphatic hydroxyl groups excluding tert-OH is 1. The van der Waals surface area contributed by atoms with Crippen molar-refractivity contribution in [1.82, 2.24) is 4.90 Å². The Balaban J connectivity index is 1.76. The number of hydrogen-bond donors (Lipinski definition) is 2. The van der Waals surface area contributed by atoms with Gasteiger partial charge in [-0.2, -0.15) is 0 Å². The first-order valence-corrected chi connectivity index (χ1v) is 12.7. The molecule has 8 nitrogen and oxygen atoms in total. The second-order valence-corrected chi connectivity index (χ2v) is 11.8. The van der Waals surface area contributed by atoms with Crippen LogP contribution in [-0.2, 0) is 19.1 Å². The van der Waals surface area contributed by atoms with Gasteiger partial charge in [-0.3, -0.25) is 14.4 Å². The fourth-order valence-corrected chi connectivity index (χ4v) is 8.45. The molecule has 1 spiro atoms. The molecule has 2 bridgehead atoms. The third-order valence-corrected chi connectivity index (χ3v) is 9.66. The Morgan fingerprint density at radius 2 is 1.94 bits per heavy atom. The number of carbonyl (C=O) groups is 3. The maximum absolute atomic E-state index is 14.0. The van der Waals surface area contributed by atoms with E-state index >= 15 is 0 Å². The van der Waals surface area contributed by atoms with Crippen molar-refractivity contribution in [3.63, 3.8) is 0 Å². The zero-order chi connectivity index (χ0) is 24.8. The quantitative estimate of drug-likeness (QED) is 0.540. The molecule has 6 atom stereocenters. The maximum atomic E-state index is 14.0. The van der Waals surface area contributed by atoms with E-state index in [-0.39, 0.29) is 36.9 Å². The summed E-state index contributed by atoms with van der Waals surface area (Å²) in [7, 11) is 1.57. The van der Waals surface area contributed by atoms with Gasteiger partial charge in [0.2, 0.25) is 11.8 Å². The molecule has 0 saturated carbocycles. The molecule has 1 aromatic rings. The topological polar surface area (TPSA) is 105 Å². The summed E-state index contributed by atoms with van der Waals surface area (Å²) in [4.78, 5) is 42.5. The van der Waals surface area contributed by atoms with Crippen LogP contribution >= 0.6 is 11.8 Å². The molecule has 4 rings (SSSR count). The van der Waals surface area contributed by atoms with Crippen molar-refractivity contribution in [2.75, 3.05) is 25.6 Å².